The van der Waals surface area contributed by atoms with Gasteiger partial charge in [0.2, 0.25) is 0 Å². The van der Waals surface area contributed by atoms with E-state index in [9.17, 15) is 9.59 Å². The molecule has 4 rings (SSSR count). The Labute approximate surface area is 160 Å². The van der Waals surface area contributed by atoms with Crippen LogP contribution in [0, 0.1) is 28.6 Å². The summed E-state index contributed by atoms with van der Waals surface area (Å²) in [4.78, 5) is 23.0. The highest BCUT2D eigenvalue weighted by Gasteiger charge is 2.59. The van der Waals surface area contributed by atoms with Crippen LogP contribution in [0.4, 0.5) is 0 Å². The molecule has 0 saturated heterocycles. The molecule has 0 radical (unpaired) electrons. The van der Waals surface area contributed by atoms with Gasteiger partial charge in [0.1, 0.15) is 12.4 Å². The van der Waals surface area contributed by atoms with Gasteiger partial charge in [-0.15, -0.1) is 0 Å². The van der Waals surface area contributed by atoms with E-state index in [0.29, 0.717) is 22.8 Å². The van der Waals surface area contributed by atoms with Gasteiger partial charge in [-0.3, -0.25) is 9.59 Å². The highest BCUT2D eigenvalue weighted by molar-refractivity contribution is 6.33. The molecule has 4 heteroatoms. The van der Waals surface area contributed by atoms with Gasteiger partial charge in [-0.1, -0.05) is 37.6 Å². The van der Waals surface area contributed by atoms with Crippen molar-refractivity contribution in [1.29, 1.82) is 0 Å². The largest absolute Gasteiger partial charge is 0.462 e. The molecule has 0 aromatic heterocycles. The molecule has 6 atom stereocenters. The summed E-state index contributed by atoms with van der Waals surface area (Å²) >= 11 is 6.31. The molecule has 0 aromatic rings. The van der Waals surface area contributed by atoms with Crippen molar-refractivity contribution < 1.29 is 14.3 Å². The first-order chi connectivity index (χ1) is 12.3. The van der Waals surface area contributed by atoms with Gasteiger partial charge in [0.25, 0.3) is 0 Å². The van der Waals surface area contributed by atoms with Crippen LogP contribution in [0.3, 0.4) is 0 Å². The van der Waals surface area contributed by atoms with Gasteiger partial charge in [-0.2, -0.15) is 0 Å². The van der Waals surface area contributed by atoms with Crippen LogP contribution in [0.1, 0.15) is 52.9 Å². The molecule has 0 bridgehead atoms. The zero-order chi connectivity index (χ0) is 18.7. The lowest BCUT2D eigenvalue weighted by molar-refractivity contribution is -0.155. The summed E-state index contributed by atoms with van der Waals surface area (Å²) in [6.45, 7) is 6.12. The fraction of sp³-hybridized carbons (Fsp3) is 0.636. The molecule has 3 nitrogen and oxygen atoms in total. The smallest absolute Gasteiger partial charge is 0.302 e. The van der Waals surface area contributed by atoms with E-state index in [1.54, 1.807) is 0 Å². The SMILES string of the molecule is CC(=O)O[C@H]1CC[C@H]2[C@@H]3C=CC4=CC(Cl)=C(C=O)C[C@]4(C)[C@H]3CC[C@]12C. The highest BCUT2D eigenvalue weighted by Crippen LogP contribution is 2.64. The molecule has 0 spiro atoms. The van der Waals surface area contributed by atoms with Crippen molar-refractivity contribution in [3.63, 3.8) is 0 Å². The quantitative estimate of drug-likeness (QED) is 0.507. The lowest BCUT2D eigenvalue weighted by Gasteiger charge is -2.55. The third-order valence-electron chi connectivity index (χ3n) is 7.82. The Morgan fingerprint density at radius 1 is 1.27 bits per heavy atom. The normalized spacial score (nSPS) is 43.9. The molecule has 2 saturated carbocycles. The second-order valence-corrected chi connectivity index (χ2v) is 9.46. The summed E-state index contributed by atoms with van der Waals surface area (Å²) in [6.07, 6.45) is 12.5. The minimum Gasteiger partial charge on any atom is -0.462 e. The van der Waals surface area contributed by atoms with Gasteiger partial charge in [0.05, 0.1) is 0 Å². The molecule has 4 aliphatic rings. The molecule has 0 N–H and O–H groups in total. The van der Waals surface area contributed by atoms with E-state index in [1.165, 1.54) is 12.5 Å². The summed E-state index contributed by atoms with van der Waals surface area (Å²) in [5, 5.41) is 0.590. The van der Waals surface area contributed by atoms with Gasteiger partial charge in [-0.25, -0.2) is 0 Å². The number of halogens is 1. The van der Waals surface area contributed by atoms with Crippen molar-refractivity contribution in [2.24, 2.45) is 28.6 Å². The van der Waals surface area contributed by atoms with Crippen molar-refractivity contribution in [2.45, 2.75) is 59.0 Å². The second-order valence-electron chi connectivity index (χ2n) is 9.05. The Kier molecular flexibility index (Phi) is 4.22. The number of carbonyl (C=O) groups is 2. The molecule has 2 fully saturated rings. The van der Waals surface area contributed by atoms with Gasteiger partial charge in [0.15, 0.2) is 0 Å². The average molecular weight is 375 g/mol. The first kappa shape index (κ1) is 18.0. The Morgan fingerprint density at radius 2 is 2.04 bits per heavy atom. The zero-order valence-corrected chi connectivity index (χ0v) is 16.5. The molecule has 0 aromatic carbocycles. The van der Waals surface area contributed by atoms with E-state index in [0.717, 1.165) is 44.0 Å². The lowest BCUT2D eigenvalue weighted by Crippen LogP contribution is -2.50. The second kappa shape index (κ2) is 6.09. The first-order valence-corrected chi connectivity index (χ1v) is 10.1. The summed E-state index contributed by atoms with van der Waals surface area (Å²) < 4.78 is 5.70. The van der Waals surface area contributed by atoms with Gasteiger partial charge in [-0.05, 0) is 61.5 Å². The Balaban J connectivity index is 1.68. The van der Waals surface area contributed by atoms with Crippen LogP contribution in [0.5, 0.6) is 0 Å². The molecular formula is C22H27ClO3. The Bertz CT molecular complexity index is 748. The third-order valence-corrected chi connectivity index (χ3v) is 8.17. The molecular weight excluding hydrogens is 348 g/mol. The minimum atomic E-state index is -0.168. The van der Waals surface area contributed by atoms with Crippen LogP contribution >= 0.6 is 11.6 Å². The predicted molar refractivity (Wildman–Crippen MR) is 101 cm³/mol. The molecule has 0 heterocycles. The summed E-state index contributed by atoms with van der Waals surface area (Å²) in [7, 11) is 0. The molecule has 140 valence electrons. The Morgan fingerprint density at radius 3 is 2.73 bits per heavy atom. The Hall–Kier alpha value is -1.35. The zero-order valence-electron chi connectivity index (χ0n) is 15.8. The molecule has 26 heavy (non-hydrogen) atoms. The highest BCUT2D eigenvalue weighted by atomic mass is 35.5. The number of allylic oxidation sites excluding steroid dienone is 6. The standard InChI is InChI=1S/C22H27ClO3/c1-13(25)26-20-7-6-17-16-5-4-15-10-19(23)14(12-24)11-22(15,3)18(16)8-9-21(17,20)2/h4-5,10,12,16-18,20H,6-9,11H2,1-3H3/t16-,17-,18-,20-,21-,22-/m0/s1. The minimum absolute atomic E-state index is 0.0328. The summed E-state index contributed by atoms with van der Waals surface area (Å²) in [6, 6.07) is 0. The maximum absolute atomic E-state index is 11.5. The van der Waals surface area contributed by atoms with Gasteiger partial charge in [0, 0.05) is 28.4 Å². The number of ether oxygens (including phenoxy) is 1. The summed E-state index contributed by atoms with van der Waals surface area (Å²) in [5.74, 6) is 1.34. The van der Waals surface area contributed by atoms with E-state index in [-0.39, 0.29) is 22.9 Å². The molecule has 4 aliphatic carbocycles. The number of rotatable bonds is 2. The van der Waals surface area contributed by atoms with E-state index in [2.05, 4.69) is 26.0 Å². The number of hydrogen-bond donors (Lipinski definition) is 0. The number of fused-ring (bicyclic) bond motifs is 5. The van der Waals surface area contributed by atoms with Crippen molar-refractivity contribution in [2.75, 3.05) is 0 Å². The van der Waals surface area contributed by atoms with E-state index < -0.39 is 0 Å². The lowest BCUT2D eigenvalue weighted by atomic mass is 9.49. The first-order valence-electron chi connectivity index (χ1n) is 9.71. The number of esters is 1. The fourth-order valence-corrected chi connectivity index (χ4v) is 6.65. The molecule has 0 amide bonds. The van der Waals surface area contributed by atoms with E-state index >= 15 is 0 Å². The molecule has 0 aliphatic heterocycles. The summed E-state index contributed by atoms with van der Waals surface area (Å²) in [5.41, 5.74) is 2.01. The van der Waals surface area contributed by atoms with Crippen LogP contribution < -0.4 is 0 Å². The van der Waals surface area contributed by atoms with Crippen molar-refractivity contribution in [3.8, 4) is 0 Å². The van der Waals surface area contributed by atoms with Crippen molar-refractivity contribution >= 4 is 23.9 Å². The molecule has 0 unspecified atom stereocenters. The van der Waals surface area contributed by atoms with Crippen molar-refractivity contribution in [3.05, 3.63) is 34.4 Å². The van der Waals surface area contributed by atoms with Crippen LogP contribution in [0.15, 0.2) is 34.4 Å². The van der Waals surface area contributed by atoms with Gasteiger partial charge >= 0.3 is 5.97 Å². The van der Waals surface area contributed by atoms with E-state index in [4.69, 9.17) is 16.3 Å². The maximum atomic E-state index is 11.5. The third kappa shape index (κ3) is 2.46. The van der Waals surface area contributed by atoms with Gasteiger partial charge < -0.3 is 4.74 Å². The maximum Gasteiger partial charge on any atom is 0.302 e. The topological polar surface area (TPSA) is 43.4 Å². The number of carbonyl (C=O) groups excluding carboxylic acids is 2. The average Bonchev–Trinajstić information content (AvgIpc) is 2.91. The fourth-order valence-electron chi connectivity index (χ4n) is 6.43. The van der Waals surface area contributed by atoms with Crippen LogP contribution in [0.25, 0.3) is 0 Å². The van der Waals surface area contributed by atoms with E-state index in [1.807, 2.05) is 6.08 Å². The van der Waals surface area contributed by atoms with Crippen LogP contribution in [-0.4, -0.2) is 18.4 Å². The monoisotopic (exact) mass is 374 g/mol. The van der Waals surface area contributed by atoms with Crippen molar-refractivity contribution in [1.82, 2.24) is 0 Å². The van der Waals surface area contributed by atoms with Crippen LogP contribution in [-0.2, 0) is 14.3 Å². The number of hydrogen-bond acceptors (Lipinski definition) is 3. The van der Waals surface area contributed by atoms with Crippen LogP contribution in [0.2, 0.25) is 0 Å². The predicted octanol–water partition coefficient (Wildman–Crippen LogP) is 4.96. The number of aldehydes is 1.